The molecule has 0 aliphatic carbocycles. The van der Waals surface area contributed by atoms with Gasteiger partial charge in [0.05, 0.1) is 12.5 Å². The van der Waals surface area contributed by atoms with Gasteiger partial charge in [0.25, 0.3) is 5.91 Å². The molecular weight excluding hydrogens is 452 g/mol. The number of carbonyl (C=O) groups is 2. The number of hydrazone groups is 1. The van der Waals surface area contributed by atoms with Gasteiger partial charge in [-0.25, -0.2) is 10.2 Å². The molecule has 0 unspecified atom stereocenters. The lowest BCUT2D eigenvalue weighted by atomic mass is 10.1. The lowest BCUT2D eigenvalue weighted by Crippen LogP contribution is -2.24. The van der Waals surface area contributed by atoms with Gasteiger partial charge >= 0.3 is 5.97 Å². The number of ether oxygens (including phenoxy) is 2. The normalized spacial score (nSPS) is 10.8. The maximum Gasteiger partial charge on any atom is 0.379 e. The van der Waals surface area contributed by atoms with Crippen molar-refractivity contribution >= 4 is 34.0 Å². The fourth-order valence-electron chi connectivity index (χ4n) is 2.42. The summed E-state index contributed by atoms with van der Waals surface area (Å²) in [4.78, 5) is 24.1. The van der Waals surface area contributed by atoms with E-state index in [-0.39, 0.29) is 18.1 Å². The summed E-state index contributed by atoms with van der Waals surface area (Å²) in [6.45, 7) is 3.79. The van der Waals surface area contributed by atoms with Crippen molar-refractivity contribution in [2.24, 2.45) is 5.10 Å². The van der Waals surface area contributed by atoms with Crippen molar-refractivity contribution in [3.63, 3.8) is 0 Å². The van der Waals surface area contributed by atoms with Crippen LogP contribution in [0.3, 0.4) is 0 Å². The van der Waals surface area contributed by atoms with Crippen LogP contribution in [0.25, 0.3) is 0 Å². The van der Waals surface area contributed by atoms with Gasteiger partial charge in [0.2, 0.25) is 5.76 Å². The van der Waals surface area contributed by atoms with Crippen LogP contribution in [0.1, 0.15) is 27.2 Å². The van der Waals surface area contributed by atoms with E-state index in [9.17, 15) is 9.59 Å². The molecule has 7 nitrogen and oxygen atoms in total. The van der Waals surface area contributed by atoms with E-state index in [1.165, 1.54) is 18.5 Å². The Kier molecular flexibility index (Phi) is 7.03. The zero-order valence-corrected chi connectivity index (χ0v) is 17.9. The van der Waals surface area contributed by atoms with Crippen molar-refractivity contribution in [1.82, 2.24) is 5.43 Å². The second-order valence-electron chi connectivity index (χ2n) is 6.38. The molecule has 2 aromatic carbocycles. The highest BCUT2D eigenvalue weighted by molar-refractivity contribution is 9.10. The molecule has 3 aromatic rings. The van der Waals surface area contributed by atoms with Gasteiger partial charge in [-0.3, -0.25) is 4.79 Å². The van der Waals surface area contributed by atoms with E-state index in [1.54, 1.807) is 30.3 Å². The molecule has 0 spiro atoms. The number of carbonyl (C=O) groups excluding carboxylic acids is 2. The molecule has 0 aliphatic heterocycles. The summed E-state index contributed by atoms with van der Waals surface area (Å²) in [5, 5.41) is 3.92. The van der Waals surface area contributed by atoms with Gasteiger partial charge in [-0.1, -0.05) is 22.0 Å². The predicted octanol–water partition coefficient (Wildman–Crippen LogP) is 4.41. The summed E-state index contributed by atoms with van der Waals surface area (Å²) in [7, 11) is 0. The van der Waals surface area contributed by atoms with Gasteiger partial charge in [0, 0.05) is 10.0 Å². The number of amides is 1. The molecule has 0 aliphatic rings. The summed E-state index contributed by atoms with van der Waals surface area (Å²) in [6.07, 6.45) is 2.76. The van der Waals surface area contributed by atoms with Gasteiger partial charge in [-0.2, -0.15) is 5.10 Å². The minimum atomic E-state index is -0.636. The summed E-state index contributed by atoms with van der Waals surface area (Å²) in [6, 6.07) is 13.7. The fraction of sp³-hybridized carbons (Fsp3) is 0.136. The first kappa shape index (κ1) is 21.3. The van der Waals surface area contributed by atoms with Crippen molar-refractivity contribution in [3.05, 3.63) is 81.7 Å². The highest BCUT2D eigenvalue weighted by atomic mass is 79.9. The topological polar surface area (TPSA) is 90.1 Å². The van der Waals surface area contributed by atoms with E-state index < -0.39 is 11.9 Å². The van der Waals surface area contributed by atoms with E-state index in [2.05, 4.69) is 26.5 Å². The molecule has 1 N–H and O–H groups in total. The van der Waals surface area contributed by atoms with Crippen LogP contribution >= 0.6 is 15.9 Å². The molecule has 8 heteroatoms. The van der Waals surface area contributed by atoms with Crippen LogP contribution in [0.4, 0.5) is 0 Å². The van der Waals surface area contributed by atoms with Crippen LogP contribution in [0.5, 0.6) is 11.5 Å². The van der Waals surface area contributed by atoms with Crippen LogP contribution in [0.2, 0.25) is 0 Å². The second-order valence-corrected chi connectivity index (χ2v) is 7.29. The Bertz CT molecular complexity index is 1080. The van der Waals surface area contributed by atoms with Gasteiger partial charge in [-0.15, -0.1) is 0 Å². The summed E-state index contributed by atoms with van der Waals surface area (Å²) < 4.78 is 16.6. The van der Waals surface area contributed by atoms with E-state index in [0.717, 1.165) is 15.6 Å². The van der Waals surface area contributed by atoms with Crippen molar-refractivity contribution in [1.29, 1.82) is 0 Å². The summed E-state index contributed by atoms with van der Waals surface area (Å²) in [5.41, 5.74) is 5.10. The smallest absolute Gasteiger partial charge is 0.379 e. The minimum Gasteiger partial charge on any atom is -0.484 e. The second kappa shape index (κ2) is 9.89. The molecule has 1 heterocycles. The van der Waals surface area contributed by atoms with Crippen molar-refractivity contribution in [3.8, 4) is 11.5 Å². The largest absolute Gasteiger partial charge is 0.484 e. The van der Waals surface area contributed by atoms with Crippen LogP contribution in [0, 0.1) is 13.8 Å². The number of nitrogens with one attached hydrogen (secondary N) is 1. The van der Waals surface area contributed by atoms with E-state index in [1.807, 2.05) is 26.0 Å². The van der Waals surface area contributed by atoms with E-state index >= 15 is 0 Å². The quantitative estimate of drug-likeness (QED) is 0.239. The lowest BCUT2D eigenvalue weighted by Gasteiger charge is -2.08. The van der Waals surface area contributed by atoms with Gasteiger partial charge in [0.1, 0.15) is 11.5 Å². The highest BCUT2D eigenvalue weighted by Crippen LogP contribution is 2.23. The van der Waals surface area contributed by atoms with Crippen molar-refractivity contribution in [2.45, 2.75) is 13.8 Å². The van der Waals surface area contributed by atoms with E-state index in [4.69, 9.17) is 13.9 Å². The summed E-state index contributed by atoms with van der Waals surface area (Å²) >= 11 is 3.36. The number of esters is 1. The third-order valence-corrected chi connectivity index (χ3v) is 4.63. The molecule has 30 heavy (non-hydrogen) atoms. The third-order valence-electron chi connectivity index (χ3n) is 4.14. The number of benzene rings is 2. The number of hydrogen-bond acceptors (Lipinski definition) is 6. The maximum absolute atomic E-state index is 12.1. The molecule has 1 aromatic heterocycles. The highest BCUT2D eigenvalue weighted by Gasteiger charge is 2.14. The first-order valence-corrected chi connectivity index (χ1v) is 9.79. The Morgan fingerprint density at radius 2 is 1.97 bits per heavy atom. The molecule has 0 saturated heterocycles. The number of furan rings is 1. The molecule has 0 bridgehead atoms. The first-order valence-electron chi connectivity index (χ1n) is 8.99. The number of halogens is 1. The van der Waals surface area contributed by atoms with Crippen LogP contribution < -0.4 is 14.9 Å². The van der Waals surface area contributed by atoms with Gasteiger partial charge in [0.15, 0.2) is 6.61 Å². The average Bonchev–Trinajstić information content (AvgIpc) is 3.26. The predicted molar refractivity (Wildman–Crippen MR) is 115 cm³/mol. The van der Waals surface area contributed by atoms with Crippen LogP contribution in [-0.4, -0.2) is 24.7 Å². The fourth-order valence-corrected chi connectivity index (χ4v) is 2.80. The number of nitrogens with zero attached hydrogens (tertiary/aromatic N) is 1. The van der Waals surface area contributed by atoms with Crippen LogP contribution in [-0.2, 0) is 4.79 Å². The number of hydrogen-bond donors (Lipinski definition) is 1. The van der Waals surface area contributed by atoms with E-state index in [0.29, 0.717) is 11.3 Å². The molecule has 154 valence electrons. The van der Waals surface area contributed by atoms with Crippen LogP contribution in [0.15, 0.2) is 68.8 Å². The minimum absolute atomic E-state index is 0.0811. The zero-order valence-electron chi connectivity index (χ0n) is 16.3. The monoisotopic (exact) mass is 470 g/mol. The lowest BCUT2D eigenvalue weighted by molar-refractivity contribution is -0.123. The molecule has 0 saturated carbocycles. The Labute approximate surface area is 181 Å². The van der Waals surface area contributed by atoms with Gasteiger partial charge < -0.3 is 13.9 Å². The molecule has 3 rings (SSSR count). The Hall–Kier alpha value is -3.39. The van der Waals surface area contributed by atoms with Crippen molar-refractivity contribution in [2.75, 3.05) is 6.61 Å². The maximum atomic E-state index is 12.1. The molecule has 0 radical (unpaired) electrons. The Morgan fingerprint density at radius 3 is 2.70 bits per heavy atom. The Balaban J connectivity index is 1.59. The third kappa shape index (κ3) is 5.81. The van der Waals surface area contributed by atoms with Gasteiger partial charge in [-0.05, 0) is 67.4 Å². The molecule has 1 amide bonds. The number of rotatable bonds is 7. The first-order chi connectivity index (χ1) is 14.4. The molecular formula is C22H19BrN2O5. The van der Waals surface area contributed by atoms with Crippen molar-refractivity contribution < 1.29 is 23.5 Å². The standard InChI is InChI=1S/C22H19BrN2O5/c1-14-5-7-18(10-15(14)2)29-13-21(26)25-24-12-16-11-17(23)6-8-19(16)30-22(27)20-4-3-9-28-20/h3-12H,13H2,1-2H3,(H,25,26). The Morgan fingerprint density at radius 1 is 1.13 bits per heavy atom. The SMILES string of the molecule is Cc1ccc(OCC(=O)NN=Cc2cc(Br)ccc2OC(=O)c2ccco2)cc1C. The summed E-state index contributed by atoms with van der Waals surface area (Å²) in [5.74, 6) is -0.102. The molecule has 0 fully saturated rings. The zero-order chi connectivity index (χ0) is 21.5. The average molecular weight is 471 g/mol. The molecule has 0 atom stereocenters. The number of aryl methyl sites for hydroxylation is 2.